The lowest BCUT2D eigenvalue weighted by Crippen LogP contribution is -2.29. The number of nitrogens with zero attached hydrogens (tertiary/aromatic N) is 2. The summed E-state index contributed by atoms with van der Waals surface area (Å²) in [5.41, 5.74) is -2.53. The van der Waals surface area contributed by atoms with Crippen molar-refractivity contribution in [3.8, 4) is 11.5 Å². The molecule has 1 aromatic heterocycles. The highest BCUT2D eigenvalue weighted by molar-refractivity contribution is 5.59. The lowest BCUT2D eigenvalue weighted by Gasteiger charge is -2.20. The molecular weight excluding hydrogens is 320 g/mol. The molecule has 2 heterocycles. The summed E-state index contributed by atoms with van der Waals surface area (Å²) < 4.78 is 68.3. The van der Waals surface area contributed by atoms with Crippen LogP contribution in [0, 0.1) is 5.82 Å². The summed E-state index contributed by atoms with van der Waals surface area (Å²) in [4.78, 5) is 0. The van der Waals surface area contributed by atoms with E-state index in [1.54, 1.807) is 0 Å². The largest absolute Gasteiger partial charge is 0.417 e. The van der Waals surface area contributed by atoms with E-state index in [0.29, 0.717) is 19.1 Å². The van der Waals surface area contributed by atoms with Crippen LogP contribution in [0.5, 0.6) is 0 Å². The number of hydrogen-bond acceptors (Lipinski definition) is 5. The summed E-state index contributed by atoms with van der Waals surface area (Å²) in [6.07, 6.45) is -4.30. The highest BCUT2D eigenvalue weighted by Gasteiger charge is 2.43. The van der Waals surface area contributed by atoms with E-state index in [0.717, 1.165) is 12.1 Å². The standard InChI is InChI=1S/C14H12F4N2O3/c1-21-13(4-5-22-7-13)12-20-19-11(23-12)9-3-2-8(15)6-10(9)14(16,17)18/h2-3,6H,4-5,7H2,1H3. The van der Waals surface area contributed by atoms with E-state index in [1.165, 1.54) is 7.11 Å². The van der Waals surface area contributed by atoms with Crippen LogP contribution < -0.4 is 0 Å². The Labute approximate surface area is 128 Å². The average molecular weight is 332 g/mol. The number of benzene rings is 1. The van der Waals surface area contributed by atoms with E-state index in [1.807, 2.05) is 0 Å². The number of ether oxygens (including phenoxy) is 2. The van der Waals surface area contributed by atoms with Gasteiger partial charge in [-0.25, -0.2) is 4.39 Å². The lowest BCUT2D eigenvalue weighted by molar-refractivity contribution is -0.137. The van der Waals surface area contributed by atoms with E-state index in [9.17, 15) is 17.6 Å². The Hall–Kier alpha value is -2.00. The van der Waals surface area contributed by atoms with E-state index < -0.39 is 23.2 Å². The molecule has 0 bridgehead atoms. The summed E-state index contributed by atoms with van der Waals surface area (Å²) in [6.45, 7) is 0.580. The molecule has 1 unspecified atom stereocenters. The normalized spacial score (nSPS) is 21.8. The Balaban J connectivity index is 2.04. The molecule has 9 heteroatoms. The van der Waals surface area contributed by atoms with Crippen molar-refractivity contribution in [2.24, 2.45) is 0 Å². The van der Waals surface area contributed by atoms with Crippen LogP contribution >= 0.6 is 0 Å². The van der Waals surface area contributed by atoms with Crippen LogP contribution in [0.3, 0.4) is 0 Å². The summed E-state index contributed by atoms with van der Waals surface area (Å²) in [7, 11) is 1.43. The monoisotopic (exact) mass is 332 g/mol. The smallest absolute Gasteiger partial charge is 0.417 e. The van der Waals surface area contributed by atoms with E-state index in [-0.39, 0.29) is 24.0 Å². The van der Waals surface area contributed by atoms with Gasteiger partial charge in [-0.05, 0) is 18.2 Å². The molecule has 1 aliphatic rings. The predicted octanol–water partition coefficient (Wildman–Crippen LogP) is 3.16. The Morgan fingerprint density at radius 3 is 2.65 bits per heavy atom. The Morgan fingerprint density at radius 2 is 2.04 bits per heavy atom. The number of rotatable bonds is 3. The van der Waals surface area contributed by atoms with Gasteiger partial charge in [0.15, 0.2) is 5.60 Å². The van der Waals surface area contributed by atoms with Crippen LogP contribution in [0.15, 0.2) is 22.6 Å². The van der Waals surface area contributed by atoms with Crippen molar-refractivity contribution >= 4 is 0 Å². The Morgan fingerprint density at radius 1 is 1.26 bits per heavy atom. The molecule has 0 aliphatic carbocycles. The van der Waals surface area contributed by atoms with E-state index >= 15 is 0 Å². The molecule has 1 fully saturated rings. The third-order valence-electron chi connectivity index (χ3n) is 3.71. The number of halogens is 4. The van der Waals surface area contributed by atoms with Crippen molar-refractivity contribution in [2.75, 3.05) is 20.3 Å². The average Bonchev–Trinajstić information content (AvgIpc) is 3.16. The maximum Gasteiger partial charge on any atom is 0.417 e. The Bertz CT molecular complexity index is 708. The van der Waals surface area contributed by atoms with Gasteiger partial charge in [-0.1, -0.05) is 0 Å². The van der Waals surface area contributed by atoms with Gasteiger partial charge in [0.1, 0.15) is 5.82 Å². The molecular formula is C14H12F4N2O3. The first-order chi connectivity index (χ1) is 10.9. The van der Waals surface area contributed by atoms with Crippen LogP contribution in [0.1, 0.15) is 17.9 Å². The van der Waals surface area contributed by atoms with Crippen molar-refractivity contribution in [1.82, 2.24) is 10.2 Å². The first-order valence-electron chi connectivity index (χ1n) is 6.70. The van der Waals surface area contributed by atoms with Crippen LogP contribution in [-0.4, -0.2) is 30.5 Å². The Kier molecular flexibility index (Phi) is 3.85. The first-order valence-corrected chi connectivity index (χ1v) is 6.70. The topological polar surface area (TPSA) is 57.4 Å². The first kappa shape index (κ1) is 15.9. The van der Waals surface area contributed by atoms with Crippen molar-refractivity contribution in [1.29, 1.82) is 0 Å². The summed E-state index contributed by atoms with van der Waals surface area (Å²) in [6, 6.07) is 2.25. The van der Waals surface area contributed by atoms with Gasteiger partial charge >= 0.3 is 6.18 Å². The van der Waals surface area contributed by atoms with Crippen LogP contribution in [0.2, 0.25) is 0 Å². The highest BCUT2D eigenvalue weighted by Crippen LogP contribution is 2.39. The summed E-state index contributed by atoms with van der Waals surface area (Å²) >= 11 is 0. The lowest BCUT2D eigenvalue weighted by atomic mass is 10.0. The van der Waals surface area contributed by atoms with Gasteiger partial charge in [-0.2, -0.15) is 13.2 Å². The molecule has 0 spiro atoms. The molecule has 5 nitrogen and oxygen atoms in total. The molecule has 0 saturated carbocycles. The SMILES string of the molecule is COC1(c2nnc(-c3ccc(F)cc3C(F)(F)F)o2)CCOC1. The molecule has 1 saturated heterocycles. The molecule has 1 aromatic carbocycles. The van der Waals surface area contributed by atoms with E-state index in [2.05, 4.69) is 10.2 Å². The van der Waals surface area contributed by atoms with Gasteiger partial charge in [0, 0.05) is 13.5 Å². The molecule has 124 valence electrons. The molecule has 1 atom stereocenters. The van der Waals surface area contributed by atoms with Crippen LogP contribution in [0.4, 0.5) is 17.6 Å². The van der Waals surface area contributed by atoms with Gasteiger partial charge < -0.3 is 13.9 Å². The molecule has 23 heavy (non-hydrogen) atoms. The van der Waals surface area contributed by atoms with Crippen molar-refractivity contribution in [2.45, 2.75) is 18.2 Å². The number of aromatic nitrogens is 2. The zero-order valence-corrected chi connectivity index (χ0v) is 12.0. The minimum Gasteiger partial charge on any atom is -0.417 e. The van der Waals surface area contributed by atoms with Crippen LogP contribution in [0.25, 0.3) is 11.5 Å². The highest BCUT2D eigenvalue weighted by atomic mass is 19.4. The number of methoxy groups -OCH3 is 1. The molecule has 2 aromatic rings. The fraction of sp³-hybridized carbons (Fsp3) is 0.429. The fourth-order valence-electron chi connectivity index (χ4n) is 2.42. The van der Waals surface area contributed by atoms with Gasteiger partial charge in [0.2, 0.25) is 5.89 Å². The van der Waals surface area contributed by atoms with Crippen molar-refractivity contribution < 1.29 is 31.5 Å². The quantitative estimate of drug-likeness (QED) is 0.808. The van der Waals surface area contributed by atoms with Gasteiger partial charge in [0.25, 0.3) is 5.89 Å². The zero-order chi connectivity index (χ0) is 16.7. The molecule has 1 aliphatic heterocycles. The maximum atomic E-state index is 13.2. The van der Waals surface area contributed by atoms with Crippen LogP contribution in [-0.2, 0) is 21.3 Å². The maximum absolute atomic E-state index is 13.2. The van der Waals surface area contributed by atoms with Gasteiger partial charge in [0.05, 0.1) is 24.3 Å². The molecule has 0 N–H and O–H groups in total. The van der Waals surface area contributed by atoms with Crippen molar-refractivity contribution in [3.63, 3.8) is 0 Å². The second-order valence-corrected chi connectivity index (χ2v) is 5.10. The second-order valence-electron chi connectivity index (χ2n) is 5.10. The minimum atomic E-state index is -4.75. The third kappa shape index (κ3) is 2.81. The van der Waals surface area contributed by atoms with E-state index in [4.69, 9.17) is 13.9 Å². The van der Waals surface area contributed by atoms with Crippen molar-refractivity contribution in [3.05, 3.63) is 35.5 Å². The summed E-state index contributed by atoms with van der Waals surface area (Å²) in [5.74, 6) is -1.32. The van der Waals surface area contributed by atoms with Gasteiger partial charge in [-0.15, -0.1) is 10.2 Å². The third-order valence-corrected chi connectivity index (χ3v) is 3.71. The van der Waals surface area contributed by atoms with Gasteiger partial charge in [-0.3, -0.25) is 0 Å². The zero-order valence-electron chi connectivity index (χ0n) is 12.0. The molecule has 3 rings (SSSR count). The second kappa shape index (κ2) is 5.57. The fourth-order valence-corrected chi connectivity index (χ4v) is 2.42. The number of alkyl halides is 3. The molecule has 0 amide bonds. The number of hydrogen-bond donors (Lipinski definition) is 0. The predicted molar refractivity (Wildman–Crippen MR) is 68.8 cm³/mol. The summed E-state index contributed by atoms with van der Waals surface area (Å²) in [5, 5.41) is 7.43. The minimum absolute atomic E-state index is 0.0324. The molecule has 0 radical (unpaired) electrons.